The van der Waals surface area contributed by atoms with E-state index < -0.39 is 0 Å². The highest BCUT2D eigenvalue weighted by atomic mass is 16.5. The van der Waals surface area contributed by atoms with Gasteiger partial charge in [0.1, 0.15) is 5.75 Å². The first-order valence-electron chi connectivity index (χ1n) is 7.89. The van der Waals surface area contributed by atoms with Crippen LogP contribution in [0.3, 0.4) is 0 Å². The van der Waals surface area contributed by atoms with Crippen LogP contribution in [0.1, 0.15) is 32.6 Å². The molecule has 0 unspecified atom stereocenters. The average molecular weight is 344 g/mol. The van der Waals surface area contributed by atoms with Crippen LogP contribution >= 0.6 is 0 Å². The Morgan fingerprint density at radius 3 is 1.84 bits per heavy atom. The number of aryl methyl sites for hydroxylation is 2. The zero-order valence-corrected chi connectivity index (χ0v) is 15.8. The first-order chi connectivity index (χ1) is 11.9. The molecule has 0 saturated carbocycles. The fraction of sp³-hybridized carbons (Fsp3) is 0.350. The van der Waals surface area contributed by atoms with Crippen molar-refractivity contribution in [2.24, 2.45) is 0 Å². The Balaban J connectivity index is 2.79. The van der Waals surface area contributed by atoms with Crippen molar-refractivity contribution >= 4 is 5.78 Å². The lowest BCUT2D eigenvalue weighted by Gasteiger charge is -2.19. The fourth-order valence-electron chi connectivity index (χ4n) is 2.93. The van der Waals surface area contributed by atoms with Crippen molar-refractivity contribution in [2.75, 3.05) is 28.4 Å². The van der Waals surface area contributed by atoms with Crippen LogP contribution in [0.25, 0.3) is 0 Å². The third kappa shape index (κ3) is 3.14. The van der Waals surface area contributed by atoms with Gasteiger partial charge in [0.2, 0.25) is 11.5 Å². The number of hydrogen-bond acceptors (Lipinski definition) is 5. The molecule has 5 nitrogen and oxygen atoms in total. The highest BCUT2D eigenvalue weighted by Crippen LogP contribution is 2.43. The van der Waals surface area contributed by atoms with Crippen LogP contribution < -0.4 is 18.9 Å². The summed E-state index contributed by atoms with van der Waals surface area (Å²) in [5.74, 6) is 1.62. The van der Waals surface area contributed by atoms with Gasteiger partial charge in [0.25, 0.3) is 0 Å². The Kier molecular flexibility index (Phi) is 5.57. The van der Waals surface area contributed by atoms with Crippen LogP contribution in [0, 0.1) is 20.8 Å². The Morgan fingerprint density at radius 1 is 0.720 bits per heavy atom. The first-order valence-corrected chi connectivity index (χ1v) is 7.89. The molecule has 0 aliphatic heterocycles. The van der Waals surface area contributed by atoms with E-state index >= 15 is 0 Å². The lowest BCUT2D eigenvalue weighted by molar-refractivity contribution is 0.103. The minimum absolute atomic E-state index is 0.173. The molecule has 0 atom stereocenters. The average Bonchev–Trinajstić information content (AvgIpc) is 2.61. The van der Waals surface area contributed by atoms with E-state index in [1.807, 2.05) is 26.8 Å². The molecule has 0 spiro atoms. The van der Waals surface area contributed by atoms with Gasteiger partial charge in [-0.1, -0.05) is 6.07 Å². The summed E-state index contributed by atoms with van der Waals surface area (Å²) < 4.78 is 21.7. The van der Waals surface area contributed by atoms with Gasteiger partial charge in [-0.2, -0.15) is 0 Å². The zero-order chi connectivity index (χ0) is 18.7. The van der Waals surface area contributed by atoms with E-state index in [0.717, 1.165) is 16.7 Å². The number of ketones is 1. The molecule has 25 heavy (non-hydrogen) atoms. The Labute approximate surface area is 148 Å². The lowest BCUT2D eigenvalue weighted by atomic mass is 9.92. The molecule has 5 heteroatoms. The van der Waals surface area contributed by atoms with Crippen LogP contribution in [0.15, 0.2) is 18.2 Å². The number of hydrogen-bond donors (Lipinski definition) is 0. The molecule has 0 N–H and O–H groups in total. The summed E-state index contributed by atoms with van der Waals surface area (Å²) in [4.78, 5) is 13.4. The van der Waals surface area contributed by atoms with E-state index in [0.29, 0.717) is 34.1 Å². The molecule has 0 bridgehead atoms. The molecule has 2 aromatic rings. The van der Waals surface area contributed by atoms with Crippen molar-refractivity contribution in [1.29, 1.82) is 0 Å². The third-order valence-electron chi connectivity index (χ3n) is 4.40. The predicted molar refractivity (Wildman–Crippen MR) is 96.7 cm³/mol. The molecule has 2 rings (SSSR count). The predicted octanol–water partition coefficient (Wildman–Crippen LogP) is 3.88. The van der Waals surface area contributed by atoms with Gasteiger partial charge in [0.15, 0.2) is 11.5 Å². The molecule has 0 fully saturated rings. The Morgan fingerprint density at radius 2 is 1.32 bits per heavy atom. The van der Waals surface area contributed by atoms with E-state index in [9.17, 15) is 4.79 Å². The quantitative estimate of drug-likeness (QED) is 0.745. The van der Waals surface area contributed by atoms with Crippen LogP contribution in [0.4, 0.5) is 0 Å². The molecule has 0 radical (unpaired) electrons. The highest BCUT2D eigenvalue weighted by molar-refractivity contribution is 6.15. The van der Waals surface area contributed by atoms with E-state index in [1.54, 1.807) is 26.4 Å². The maximum absolute atomic E-state index is 13.4. The molecule has 134 valence electrons. The number of carbonyl (C=O) groups is 1. The summed E-state index contributed by atoms with van der Waals surface area (Å²) in [6.07, 6.45) is 0. The first kappa shape index (κ1) is 18.6. The topological polar surface area (TPSA) is 54.0 Å². The summed E-state index contributed by atoms with van der Waals surface area (Å²) in [5, 5.41) is 0. The molecule has 0 amide bonds. The maximum atomic E-state index is 13.4. The van der Waals surface area contributed by atoms with Crippen molar-refractivity contribution in [3.63, 3.8) is 0 Å². The number of rotatable bonds is 6. The summed E-state index contributed by atoms with van der Waals surface area (Å²) in [6, 6.07) is 5.51. The van der Waals surface area contributed by atoms with Crippen molar-refractivity contribution in [3.05, 3.63) is 46.0 Å². The minimum atomic E-state index is -0.173. The smallest absolute Gasteiger partial charge is 0.204 e. The molecule has 0 heterocycles. The molecule has 0 aliphatic carbocycles. The molecule has 2 aromatic carbocycles. The van der Waals surface area contributed by atoms with Gasteiger partial charge in [-0.3, -0.25) is 4.79 Å². The van der Waals surface area contributed by atoms with Gasteiger partial charge < -0.3 is 18.9 Å². The van der Waals surface area contributed by atoms with Crippen molar-refractivity contribution in [2.45, 2.75) is 20.8 Å². The van der Waals surface area contributed by atoms with E-state index in [2.05, 4.69) is 0 Å². The largest absolute Gasteiger partial charge is 0.496 e. The van der Waals surface area contributed by atoms with E-state index in [1.165, 1.54) is 14.2 Å². The van der Waals surface area contributed by atoms with Gasteiger partial charge in [0, 0.05) is 0 Å². The number of benzene rings is 2. The molecule has 0 aromatic heterocycles. The Bertz CT molecular complexity index is 808. The standard InChI is InChI=1S/C20H24O5/c1-11-8-9-14(22-4)17(13(11)3)18(21)16-12(2)10-15(23-5)19(24-6)20(16)25-7/h8-10H,1-7H3. The number of carbonyl (C=O) groups excluding carboxylic acids is 1. The monoisotopic (exact) mass is 344 g/mol. The van der Waals surface area contributed by atoms with Crippen LogP contribution in [0.2, 0.25) is 0 Å². The van der Waals surface area contributed by atoms with Crippen LogP contribution in [-0.2, 0) is 0 Å². The molecule has 0 aliphatic rings. The second-order valence-electron chi connectivity index (χ2n) is 5.75. The van der Waals surface area contributed by atoms with Crippen LogP contribution in [-0.4, -0.2) is 34.2 Å². The van der Waals surface area contributed by atoms with E-state index in [-0.39, 0.29) is 5.78 Å². The van der Waals surface area contributed by atoms with Crippen LogP contribution in [0.5, 0.6) is 23.0 Å². The summed E-state index contributed by atoms with van der Waals surface area (Å²) >= 11 is 0. The van der Waals surface area contributed by atoms with Gasteiger partial charge in [-0.25, -0.2) is 0 Å². The third-order valence-corrected chi connectivity index (χ3v) is 4.40. The van der Waals surface area contributed by atoms with Crippen molar-refractivity contribution < 1.29 is 23.7 Å². The van der Waals surface area contributed by atoms with Crippen molar-refractivity contribution in [1.82, 2.24) is 0 Å². The van der Waals surface area contributed by atoms with Gasteiger partial charge in [0.05, 0.1) is 39.6 Å². The van der Waals surface area contributed by atoms with Gasteiger partial charge >= 0.3 is 0 Å². The van der Waals surface area contributed by atoms with Gasteiger partial charge in [-0.05, 0) is 49.6 Å². The number of methoxy groups -OCH3 is 4. The SMILES string of the molecule is COc1cc(C)c(C(=O)c2c(OC)ccc(C)c2C)c(OC)c1OC. The highest BCUT2D eigenvalue weighted by Gasteiger charge is 2.27. The number of ether oxygens (including phenoxy) is 4. The summed E-state index contributed by atoms with van der Waals surface area (Å²) in [7, 11) is 6.13. The normalized spacial score (nSPS) is 10.4. The summed E-state index contributed by atoms with van der Waals surface area (Å²) in [6.45, 7) is 5.72. The molecular weight excluding hydrogens is 320 g/mol. The zero-order valence-electron chi connectivity index (χ0n) is 15.8. The lowest BCUT2D eigenvalue weighted by Crippen LogP contribution is -2.12. The fourth-order valence-corrected chi connectivity index (χ4v) is 2.93. The van der Waals surface area contributed by atoms with E-state index in [4.69, 9.17) is 18.9 Å². The maximum Gasteiger partial charge on any atom is 0.204 e. The van der Waals surface area contributed by atoms with Gasteiger partial charge in [-0.15, -0.1) is 0 Å². The van der Waals surface area contributed by atoms with Crippen molar-refractivity contribution in [3.8, 4) is 23.0 Å². The molecule has 0 saturated heterocycles. The second-order valence-corrected chi connectivity index (χ2v) is 5.75. The minimum Gasteiger partial charge on any atom is -0.496 e. The summed E-state index contributed by atoms with van der Waals surface area (Å²) in [5.41, 5.74) is 3.59. The second kappa shape index (κ2) is 7.47. The molecular formula is C20H24O5. The Hall–Kier alpha value is -2.69.